The van der Waals surface area contributed by atoms with Crippen molar-refractivity contribution in [1.29, 1.82) is 0 Å². The second-order valence-electron chi connectivity index (χ2n) is 6.54. The molecule has 0 radical (unpaired) electrons. The standard InChI is InChI=1S/C19H25N5O4.HI/c1-13-5-10-17(28-13)14(2)22-19(21-12-18(25)23(3)4)20-11-15-6-8-16(9-7-15)24(26)27;/h5-10,14H,11-12H2,1-4H3,(H2,20,21,22);1H. The molecule has 0 aliphatic heterocycles. The minimum Gasteiger partial charge on any atom is -0.464 e. The third-order valence-corrected chi connectivity index (χ3v) is 4.01. The first-order valence-corrected chi connectivity index (χ1v) is 8.81. The Morgan fingerprint density at radius 2 is 1.90 bits per heavy atom. The quantitative estimate of drug-likeness (QED) is 0.193. The topological polar surface area (TPSA) is 113 Å². The SMILES string of the molecule is Cc1ccc(C(C)NC(=NCc2ccc([N+](=O)[O-])cc2)NCC(=O)N(C)C)o1.I. The van der Waals surface area contributed by atoms with E-state index >= 15 is 0 Å². The average molecular weight is 515 g/mol. The number of nitro benzene ring substituents is 1. The van der Waals surface area contributed by atoms with Crippen LogP contribution in [-0.2, 0) is 11.3 Å². The molecule has 2 aromatic rings. The highest BCUT2D eigenvalue weighted by atomic mass is 127. The predicted molar refractivity (Wildman–Crippen MR) is 121 cm³/mol. The number of non-ortho nitro benzene ring substituents is 1. The summed E-state index contributed by atoms with van der Waals surface area (Å²) in [6, 6.07) is 9.79. The molecule has 2 rings (SSSR count). The fraction of sp³-hybridized carbons (Fsp3) is 0.368. The Hall–Kier alpha value is -2.63. The van der Waals surface area contributed by atoms with Gasteiger partial charge in [-0.1, -0.05) is 12.1 Å². The van der Waals surface area contributed by atoms with E-state index in [1.54, 1.807) is 26.2 Å². The zero-order chi connectivity index (χ0) is 20.7. The summed E-state index contributed by atoms with van der Waals surface area (Å²) in [6.07, 6.45) is 0. The van der Waals surface area contributed by atoms with Crippen LogP contribution in [0.4, 0.5) is 5.69 Å². The van der Waals surface area contributed by atoms with Crippen LogP contribution < -0.4 is 10.6 Å². The van der Waals surface area contributed by atoms with Gasteiger partial charge >= 0.3 is 0 Å². The fourth-order valence-electron chi connectivity index (χ4n) is 2.33. The van der Waals surface area contributed by atoms with Gasteiger partial charge in [-0.15, -0.1) is 24.0 Å². The van der Waals surface area contributed by atoms with Gasteiger partial charge < -0.3 is 20.0 Å². The molecule has 1 aromatic carbocycles. The Bertz CT molecular complexity index is 849. The number of aryl methyl sites for hydroxylation is 1. The van der Waals surface area contributed by atoms with Crippen LogP contribution >= 0.6 is 24.0 Å². The molecule has 0 saturated carbocycles. The molecule has 0 spiro atoms. The Morgan fingerprint density at radius 1 is 1.24 bits per heavy atom. The summed E-state index contributed by atoms with van der Waals surface area (Å²) in [4.78, 5) is 28.2. The van der Waals surface area contributed by atoms with Gasteiger partial charge in [0.2, 0.25) is 5.91 Å². The Labute approximate surface area is 186 Å². The van der Waals surface area contributed by atoms with E-state index < -0.39 is 4.92 Å². The van der Waals surface area contributed by atoms with Crippen molar-refractivity contribution >= 4 is 41.5 Å². The van der Waals surface area contributed by atoms with Crippen molar-refractivity contribution < 1.29 is 14.1 Å². The third-order valence-electron chi connectivity index (χ3n) is 4.01. The highest BCUT2D eigenvalue weighted by Crippen LogP contribution is 2.16. The number of rotatable bonds is 7. The van der Waals surface area contributed by atoms with Crippen molar-refractivity contribution in [3.63, 3.8) is 0 Å². The second kappa shape index (κ2) is 11.4. The Balaban J connectivity index is 0.00000420. The molecule has 0 bridgehead atoms. The van der Waals surface area contributed by atoms with Crippen LogP contribution in [0.1, 0.15) is 30.0 Å². The molecule has 1 unspecified atom stereocenters. The van der Waals surface area contributed by atoms with Crippen molar-refractivity contribution in [2.24, 2.45) is 4.99 Å². The summed E-state index contributed by atoms with van der Waals surface area (Å²) in [5.41, 5.74) is 0.842. The lowest BCUT2D eigenvalue weighted by atomic mass is 10.2. The lowest BCUT2D eigenvalue weighted by molar-refractivity contribution is -0.384. The van der Waals surface area contributed by atoms with Crippen LogP contribution in [0.3, 0.4) is 0 Å². The normalized spacial score (nSPS) is 11.9. The van der Waals surface area contributed by atoms with Crippen molar-refractivity contribution in [3.8, 4) is 0 Å². The summed E-state index contributed by atoms with van der Waals surface area (Å²) in [6.45, 7) is 4.18. The molecule has 29 heavy (non-hydrogen) atoms. The number of hydrogen-bond acceptors (Lipinski definition) is 5. The van der Waals surface area contributed by atoms with E-state index in [-0.39, 0.29) is 48.2 Å². The molecule has 1 atom stereocenters. The van der Waals surface area contributed by atoms with Crippen LogP contribution in [0.25, 0.3) is 0 Å². The van der Waals surface area contributed by atoms with Crippen LogP contribution in [-0.4, -0.2) is 42.3 Å². The number of guanidine groups is 1. The number of nitro groups is 1. The van der Waals surface area contributed by atoms with E-state index in [0.717, 1.165) is 17.1 Å². The van der Waals surface area contributed by atoms with E-state index in [1.807, 2.05) is 26.0 Å². The zero-order valence-electron chi connectivity index (χ0n) is 16.8. The number of halogens is 1. The first-order valence-electron chi connectivity index (χ1n) is 8.81. The lowest BCUT2D eigenvalue weighted by Crippen LogP contribution is -2.43. The smallest absolute Gasteiger partial charge is 0.269 e. The van der Waals surface area contributed by atoms with Crippen molar-refractivity contribution in [3.05, 3.63) is 63.6 Å². The maximum absolute atomic E-state index is 11.9. The van der Waals surface area contributed by atoms with Crippen molar-refractivity contribution in [2.75, 3.05) is 20.6 Å². The third kappa shape index (κ3) is 7.72. The largest absolute Gasteiger partial charge is 0.464 e. The molecule has 2 N–H and O–H groups in total. The molecular weight excluding hydrogens is 489 g/mol. The summed E-state index contributed by atoms with van der Waals surface area (Å²) >= 11 is 0. The fourth-order valence-corrected chi connectivity index (χ4v) is 2.33. The number of carbonyl (C=O) groups excluding carboxylic acids is 1. The second-order valence-corrected chi connectivity index (χ2v) is 6.54. The van der Waals surface area contributed by atoms with Gasteiger partial charge in [-0.25, -0.2) is 4.99 Å². The maximum atomic E-state index is 11.9. The van der Waals surface area contributed by atoms with E-state index in [9.17, 15) is 14.9 Å². The van der Waals surface area contributed by atoms with Gasteiger partial charge in [-0.3, -0.25) is 14.9 Å². The van der Waals surface area contributed by atoms with E-state index in [0.29, 0.717) is 12.5 Å². The first kappa shape index (κ1) is 24.4. The van der Waals surface area contributed by atoms with Gasteiger partial charge in [-0.2, -0.15) is 0 Å². The Kier molecular flexibility index (Phi) is 9.59. The monoisotopic (exact) mass is 515 g/mol. The molecule has 1 amide bonds. The van der Waals surface area contributed by atoms with Crippen molar-refractivity contribution in [1.82, 2.24) is 15.5 Å². The number of furan rings is 1. The minimum absolute atomic E-state index is 0. The lowest BCUT2D eigenvalue weighted by Gasteiger charge is -2.18. The number of benzene rings is 1. The van der Waals surface area contributed by atoms with Crippen LogP contribution in [0.5, 0.6) is 0 Å². The van der Waals surface area contributed by atoms with E-state index in [4.69, 9.17) is 4.42 Å². The van der Waals surface area contributed by atoms with E-state index in [2.05, 4.69) is 15.6 Å². The zero-order valence-corrected chi connectivity index (χ0v) is 19.2. The molecule has 9 nitrogen and oxygen atoms in total. The summed E-state index contributed by atoms with van der Waals surface area (Å²) < 4.78 is 5.62. The number of hydrogen-bond donors (Lipinski definition) is 2. The molecule has 10 heteroatoms. The summed E-state index contributed by atoms with van der Waals surface area (Å²) in [7, 11) is 3.36. The highest BCUT2D eigenvalue weighted by Gasteiger charge is 2.13. The van der Waals surface area contributed by atoms with Gasteiger partial charge in [0.1, 0.15) is 11.5 Å². The Morgan fingerprint density at radius 3 is 2.41 bits per heavy atom. The predicted octanol–water partition coefficient (Wildman–Crippen LogP) is 3.00. The molecule has 0 aliphatic carbocycles. The molecule has 1 aromatic heterocycles. The minimum atomic E-state index is -0.443. The molecule has 0 fully saturated rings. The number of nitrogens with one attached hydrogen (secondary N) is 2. The highest BCUT2D eigenvalue weighted by molar-refractivity contribution is 14.0. The van der Waals surface area contributed by atoms with Crippen LogP contribution in [0.2, 0.25) is 0 Å². The molecular formula is C19H26IN5O4. The van der Waals surface area contributed by atoms with Crippen LogP contribution in [0.15, 0.2) is 45.8 Å². The maximum Gasteiger partial charge on any atom is 0.269 e. The van der Waals surface area contributed by atoms with E-state index in [1.165, 1.54) is 17.0 Å². The summed E-state index contributed by atoms with van der Waals surface area (Å²) in [5, 5.41) is 17.0. The van der Waals surface area contributed by atoms with Gasteiger partial charge in [0, 0.05) is 26.2 Å². The molecule has 158 valence electrons. The first-order chi connectivity index (χ1) is 13.3. The average Bonchev–Trinajstić information content (AvgIpc) is 3.10. The summed E-state index contributed by atoms with van der Waals surface area (Å²) in [5.74, 6) is 1.91. The molecule has 1 heterocycles. The molecule has 0 saturated heterocycles. The number of amides is 1. The number of aliphatic imine (C=N–C) groups is 1. The van der Waals surface area contributed by atoms with Crippen molar-refractivity contribution in [2.45, 2.75) is 26.4 Å². The van der Waals surface area contributed by atoms with Gasteiger partial charge in [0.15, 0.2) is 5.96 Å². The van der Waals surface area contributed by atoms with Gasteiger partial charge in [-0.05, 0) is 31.5 Å². The number of carbonyl (C=O) groups is 1. The van der Waals surface area contributed by atoms with Crippen LogP contribution in [0, 0.1) is 17.0 Å². The molecule has 0 aliphatic rings. The number of nitrogens with zero attached hydrogens (tertiary/aromatic N) is 3. The number of likely N-dealkylation sites (N-methyl/N-ethyl adjacent to an activating group) is 1. The van der Waals surface area contributed by atoms with Gasteiger partial charge in [0.05, 0.1) is 24.1 Å². The van der Waals surface area contributed by atoms with Gasteiger partial charge in [0.25, 0.3) is 5.69 Å².